The van der Waals surface area contributed by atoms with Crippen LogP contribution in [-0.2, 0) is 9.31 Å². The molecule has 126 valence electrons. The highest BCUT2D eigenvalue weighted by Gasteiger charge is 2.52. The Labute approximate surface area is 141 Å². The summed E-state index contributed by atoms with van der Waals surface area (Å²) in [5, 5.41) is 10.7. The normalized spacial score (nSPS) is 19.9. The SMILES string of the molecule is CC1(C)OB(C(=Cc2cccc3[nH]cc(C=O)c23)CO)OC1(C)C. The summed E-state index contributed by atoms with van der Waals surface area (Å²) in [5.74, 6) is 0. The molecule has 3 rings (SSSR count). The van der Waals surface area contributed by atoms with E-state index in [9.17, 15) is 9.90 Å². The van der Waals surface area contributed by atoms with Gasteiger partial charge in [-0.05, 0) is 44.8 Å². The minimum Gasteiger partial charge on any atom is -0.400 e. The molecular weight excluding hydrogens is 305 g/mol. The highest BCUT2D eigenvalue weighted by Crippen LogP contribution is 2.39. The van der Waals surface area contributed by atoms with Crippen LogP contribution in [0.3, 0.4) is 0 Å². The molecular formula is C18H22BNO4. The molecule has 0 spiro atoms. The number of carbonyl (C=O) groups is 1. The van der Waals surface area contributed by atoms with Gasteiger partial charge < -0.3 is 19.4 Å². The Morgan fingerprint density at radius 2 is 1.88 bits per heavy atom. The zero-order valence-electron chi connectivity index (χ0n) is 14.4. The van der Waals surface area contributed by atoms with Crippen LogP contribution in [0.1, 0.15) is 43.6 Å². The highest BCUT2D eigenvalue weighted by molar-refractivity contribution is 6.56. The summed E-state index contributed by atoms with van der Waals surface area (Å²) < 4.78 is 12.0. The molecule has 2 N–H and O–H groups in total. The topological polar surface area (TPSA) is 71.6 Å². The smallest absolute Gasteiger partial charge is 0.400 e. The molecule has 0 radical (unpaired) electrons. The van der Waals surface area contributed by atoms with Crippen LogP contribution in [0.5, 0.6) is 0 Å². The van der Waals surface area contributed by atoms with Crippen LogP contribution in [0.25, 0.3) is 17.0 Å². The van der Waals surface area contributed by atoms with E-state index in [0.717, 1.165) is 22.8 Å². The summed E-state index contributed by atoms with van der Waals surface area (Å²) in [7, 11) is -0.617. The molecule has 1 saturated heterocycles. The molecule has 0 aliphatic carbocycles. The lowest BCUT2D eigenvalue weighted by atomic mass is 9.77. The maximum absolute atomic E-state index is 11.3. The Kier molecular flexibility index (Phi) is 4.15. The third-order valence-electron chi connectivity index (χ3n) is 4.97. The van der Waals surface area contributed by atoms with Crippen LogP contribution in [0.4, 0.5) is 0 Å². The molecule has 0 saturated carbocycles. The highest BCUT2D eigenvalue weighted by atomic mass is 16.7. The van der Waals surface area contributed by atoms with E-state index in [1.807, 2.05) is 52.0 Å². The van der Waals surface area contributed by atoms with Crippen LogP contribution < -0.4 is 0 Å². The minimum atomic E-state index is -0.617. The summed E-state index contributed by atoms with van der Waals surface area (Å²) in [6.45, 7) is 7.70. The second-order valence-corrected chi connectivity index (χ2v) is 7.10. The number of aliphatic hydroxyl groups is 1. The molecule has 1 aliphatic heterocycles. The van der Waals surface area contributed by atoms with Gasteiger partial charge in [0, 0.05) is 22.7 Å². The van der Waals surface area contributed by atoms with Crippen molar-refractivity contribution in [2.24, 2.45) is 0 Å². The molecule has 0 bridgehead atoms. The van der Waals surface area contributed by atoms with Gasteiger partial charge >= 0.3 is 7.12 Å². The van der Waals surface area contributed by atoms with E-state index in [1.165, 1.54) is 0 Å². The first-order valence-electron chi connectivity index (χ1n) is 8.01. The average molecular weight is 327 g/mol. The number of benzene rings is 1. The number of aliphatic hydroxyl groups excluding tert-OH is 1. The van der Waals surface area contributed by atoms with Gasteiger partial charge in [0.15, 0.2) is 6.29 Å². The monoisotopic (exact) mass is 327 g/mol. The largest absolute Gasteiger partial charge is 0.492 e. The van der Waals surface area contributed by atoms with Crippen molar-refractivity contribution in [1.82, 2.24) is 4.98 Å². The second-order valence-electron chi connectivity index (χ2n) is 7.10. The first-order chi connectivity index (χ1) is 11.3. The van der Waals surface area contributed by atoms with Gasteiger partial charge in [0.05, 0.1) is 17.8 Å². The van der Waals surface area contributed by atoms with E-state index >= 15 is 0 Å². The molecule has 2 aromatic rings. The summed E-state index contributed by atoms with van der Waals surface area (Å²) in [4.78, 5) is 14.4. The molecule has 1 fully saturated rings. The van der Waals surface area contributed by atoms with Crippen LogP contribution in [0.15, 0.2) is 29.9 Å². The zero-order chi connectivity index (χ0) is 17.5. The van der Waals surface area contributed by atoms with Gasteiger partial charge in [-0.3, -0.25) is 4.79 Å². The Hall–Kier alpha value is -1.89. The molecule has 0 unspecified atom stereocenters. The van der Waals surface area contributed by atoms with Crippen molar-refractivity contribution in [2.75, 3.05) is 6.61 Å². The van der Waals surface area contributed by atoms with Crippen molar-refractivity contribution in [3.63, 3.8) is 0 Å². The summed E-state index contributed by atoms with van der Waals surface area (Å²) in [6.07, 6.45) is 4.34. The lowest BCUT2D eigenvalue weighted by molar-refractivity contribution is 0.00578. The average Bonchev–Trinajstić information content (AvgIpc) is 3.03. The Balaban J connectivity index is 2.04. The molecule has 1 aromatic carbocycles. The fourth-order valence-corrected chi connectivity index (χ4v) is 2.84. The zero-order valence-corrected chi connectivity index (χ0v) is 14.4. The van der Waals surface area contributed by atoms with E-state index in [-0.39, 0.29) is 6.61 Å². The third kappa shape index (κ3) is 2.71. The Morgan fingerprint density at radius 1 is 1.21 bits per heavy atom. The number of H-pyrrole nitrogens is 1. The van der Waals surface area contributed by atoms with Gasteiger partial charge in [0.1, 0.15) is 0 Å². The molecule has 0 atom stereocenters. The number of aromatic amines is 1. The van der Waals surface area contributed by atoms with Crippen molar-refractivity contribution in [3.05, 3.63) is 41.0 Å². The number of nitrogens with one attached hydrogen (secondary N) is 1. The van der Waals surface area contributed by atoms with Crippen molar-refractivity contribution < 1.29 is 19.2 Å². The fraction of sp³-hybridized carbons (Fsp3) is 0.389. The molecule has 5 nitrogen and oxygen atoms in total. The predicted molar refractivity (Wildman–Crippen MR) is 94.8 cm³/mol. The number of aromatic nitrogens is 1. The molecule has 1 aliphatic rings. The van der Waals surface area contributed by atoms with Crippen LogP contribution in [-0.4, -0.2) is 41.3 Å². The number of aldehydes is 1. The van der Waals surface area contributed by atoms with Gasteiger partial charge in [-0.1, -0.05) is 18.2 Å². The van der Waals surface area contributed by atoms with E-state index in [1.54, 1.807) is 6.20 Å². The van der Waals surface area contributed by atoms with Crippen LogP contribution in [0.2, 0.25) is 0 Å². The van der Waals surface area contributed by atoms with Crippen molar-refractivity contribution in [2.45, 2.75) is 38.9 Å². The lowest BCUT2D eigenvalue weighted by Crippen LogP contribution is -2.41. The van der Waals surface area contributed by atoms with Crippen LogP contribution in [0, 0.1) is 0 Å². The number of carbonyl (C=O) groups excluding carboxylic acids is 1. The van der Waals surface area contributed by atoms with Gasteiger partial charge in [0.2, 0.25) is 0 Å². The second kappa shape index (κ2) is 5.88. The van der Waals surface area contributed by atoms with Crippen molar-refractivity contribution in [3.8, 4) is 0 Å². The number of rotatable bonds is 4. The first-order valence-corrected chi connectivity index (χ1v) is 8.01. The van der Waals surface area contributed by atoms with E-state index in [4.69, 9.17) is 9.31 Å². The molecule has 2 heterocycles. The maximum Gasteiger partial charge on any atom is 0.492 e. The summed E-state index contributed by atoms with van der Waals surface area (Å²) >= 11 is 0. The van der Waals surface area contributed by atoms with Gasteiger partial charge in [-0.15, -0.1) is 0 Å². The van der Waals surface area contributed by atoms with Gasteiger partial charge in [0.25, 0.3) is 0 Å². The first kappa shape index (κ1) is 17.0. The van der Waals surface area contributed by atoms with Crippen molar-refractivity contribution in [1.29, 1.82) is 0 Å². The quantitative estimate of drug-likeness (QED) is 0.669. The third-order valence-corrected chi connectivity index (χ3v) is 4.97. The maximum atomic E-state index is 11.3. The van der Waals surface area contributed by atoms with Crippen LogP contribution >= 0.6 is 0 Å². The molecule has 6 heteroatoms. The van der Waals surface area contributed by atoms with Crippen molar-refractivity contribution >= 4 is 30.4 Å². The number of fused-ring (bicyclic) bond motifs is 1. The van der Waals surface area contributed by atoms with E-state index < -0.39 is 18.3 Å². The summed E-state index contributed by atoms with van der Waals surface area (Å²) in [5.41, 5.74) is 1.98. The predicted octanol–water partition coefficient (Wildman–Crippen LogP) is 2.99. The number of hydrogen-bond acceptors (Lipinski definition) is 4. The molecule has 24 heavy (non-hydrogen) atoms. The Bertz CT molecular complexity index is 790. The summed E-state index contributed by atoms with van der Waals surface area (Å²) in [6, 6.07) is 5.72. The fourth-order valence-electron chi connectivity index (χ4n) is 2.84. The van der Waals surface area contributed by atoms with Gasteiger partial charge in [-0.25, -0.2) is 0 Å². The van der Waals surface area contributed by atoms with E-state index in [0.29, 0.717) is 11.0 Å². The Morgan fingerprint density at radius 3 is 2.46 bits per heavy atom. The molecule has 0 amide bonds. The lowest BCUT2D eigenvalue weighted by Gasteiger charge is -2.32. The standard InChI is InChI=1S/C18H22BNO4/c1-17(2)18(3,4)24-19(23-17)14(11-22)8-12-6-5-7-15-16(12)13(10-21)9-20-15/h5-10,20,22H,11H2,1-4H3. The molecule has 1 aromatic heterocycles. The number of hydrogen-bond donors (Lipinski definition) is 2. The van der Waals surface area contributed by atoms with Gasteiger partial charge in [-0.2, -0.15) is 0 Å². The van der Waals surface area contributed by atoms with E-state index in [2.05, 4.69) is 4.98 Å². The minimum absolute atomic E-state index is 0.186.